The van der Waals surface area contributed by atoms with Crippen molar-refractivity contribution in [3.8, 4) is 0 Å². The predicted molar refractivity (Wildman–Crippen MR) is 52.0 cm³/mol. The first-order chi connectivity index (χ1) is 5.61. The van der Waals surface area contributed by atoms with Crippen LogP contribution in [0.2, 0.25) is 0 Å². The highest BCUT2D eigenvalue weighted by molar-refractivity contribution is 5.90. The molecule has 12 heavy (non-hydrogen) atoms. The lowest BCUT2D eigenvalue weighted by atomic mass is 10.2. The van der Waals surface area contributed by atoms with Crippen molar-refractivity contribution in [1.82, 2.24) is 4.90 Å². The first kappa shape index (κ1) is 11.2. The van der Waals surface area contributed by atoms with Crippen molar-refractivity contribution in [3.63, 3.8) is 0 Å². The molecule has 70 valence electrons. The largest absolute Gasteiger partial charge is 0.378 e. The third-order valence-corrected chi connectivity index (χ3v) is 1.94. The summed E-state index contributed by atoms with van der Waals surface area (Å²) in [5, 5.41) is 0. The lowest BCUT2D eigenvalue weighted by Gasteiger charge is -2.16. The lowest BCUT2D eigenvalue weighted by Crippen LogP contribution is -2.15. The molecular formula is C10H19NO. The van der Waals surface area contributed by atoms with Gasteiger partial charge in [-0.15, -0.1) is 0 Å². The number of carbonyl (C=O) groups is 1. The summed E-state index contributed by atoms with van der Waals surface area (Å²) < 4.78 is 0. The highest BCUT2D eigenvalue weighted by atomic mass is 16.1. The number of hydrogen-bond donors (Lipinski definition) is 0. The molecule has 0 aromatic rings. The van der Waals surface area contributed by atoms with Gasteiger partial charge in [0.2, 0.25) is 0 Å². The van der Waals surface area contributed by atoms with Crippen molar-refractivity contribution < 1.29 is 4.79 Å². The number of nitrogens with zero attached hydrogens (tertiary/aromatic N) is 1. The van der Waals surface area contributed by atoms with Gasteiger partial charge in [-0.3, -0.25) is 4.79 Å². The van der Waals surface area contributed by atoms with Crippen LogP contribution in [0.1, 0.15) is 33.6 Å². The fourth-order valence-corrected chi connectivity index (χ4v) is 0.911. The monoisotopic (exact) mass is 169 g/mol. The standard InChI is InChI=1S/C10H19NO/c1-5-7-10(12)8-9(3)11(4)6-2/h8H,5-7H2,1-4H3. The molecule has 0 N–H and O–H groups in total. The topological polar surface area (TPSA) is 20.3 Å². The molecule has 0 aliphatic rings. The minimum atomic E-state index is 0.232. The molecule has 0 atom stereocenters. The molecule has 0 aliphatic heterocycles. The molecule has 0 fully saturated rings. The maximum absolute atomic E-state index is 11.2. The Kier molecular flexibility index (Phi) is 5.43. The Hall–Kier alpha value is -0.790. The summed E-state index contributed by atoms with van der Waals surface area (Å²) in [6, 6.07) is 0. The van der Waals surface area contributed by atoms with Crippen LogP contribution in [0.3, 0.4) is 0 Å². The average Bonchev–Trinajstić information content (AvgIpc) is 2.03. The van der Waals surface area contributed by atoms with Crippen LogP contribution in [-0.4, -0.2) is 24.3 Å². The highest BCUT2D eigenvalue weighted by Crippen LogP contribution is 2.01. The van der Waals surface area contributed by atoms with Crippen LogP contribution in [0, 0.1) is 0 Å². The molecule has 0 unspecified atom stereocenters. The Morgan fingerprint density at radius 3 is 2.42 bits per heavy atom. The SMILES string of the molecule is CCCC(=O)C=C(C)N(C)CC. The van der Waals surface area contributed by atoms with Crippen LogP contribution in [0.5, 0.6) is 0 Å². The minimum Gasteiger partial charge on any atom is -0.378 e. The van der Waals surface area contributed by atoms with Gasteiger partial charge in [-0.05, 0) is 26.3 Å². The van der Waals surface area contributed by atoms with Crippen molar-refractivity contribution in [3.05, 3.63) is 11.8 Å². The van der Waals surface area contributed by atoms with Crippen LogP contribution < -0.4 is 0 Å². The van der Waals surface area contributed by atoms with E-state index in [4.69, 9.17) is 0 Å². The van der Waals surface area contributed by atoms with Crippen LogP contribution >= 0.6 is 0 Å². The molecule has 2 nitrogen and oxygen atoms in total. The smallest absolute Gasteiger partial charge is 0.157 e. The molecule has 0 bridgehead atoms. The zero-order valence-corrected chi connectivity index (χ0v) is 8.55. The van der Waals surface area contributed by atoms with Gasteiger partial charge in [0.15, 0.2) is 5.78 Å². The molecule has 0 saturated carbocycles. The second-order valence-corrected chi connectivity index (χ2v) is 3.02. The van der Waals surface area contributed by atoms with Crippen molar-refractivity contribution in [1.29, 1.82) is 0 Å². The summed E-state index contributed by atoms with van der Waals surface area (Å²) >= 11 is 0. The van der Waals surface area contributed by atoms with E-state index in [0.29, 0.717) is 6.42 Å². The number of ketones is 1. The zero-order chi connectivity index (χ0) is 9.56. The second-order valence-electron chi connectivity index (χ2n) is 3.02. The van der Waals surface area contributed by atoms with Crippen molar-refractivity contribution in [2.75, 3.05) is 13.6 Å². The van der Waals surface area contributed by atoms with Crippen LogP contribution in [0.25, 0.3) is 0 Å². The summed E-state index contributed by atoms with van der Waals surface area (Å²) in [5.41, 5.74) is 1.05. The minimum absolute atomic E-state index is 0.232. The lowest BCUT2D eigenvalue weighted by molar-refractivity contribution is -0.114. The average molecular weight is 169 g/mol. The number of rotatable bonds is 5. The maximum Gasteiger partial charge on any atom is 0.157 e. The van der Waals surface area contributed by atoms with E-state index in [2.05, 4.69) is 11.8 Å². The third kappa shape index (κ3) is 4.16. The second kappa shape index (κ2) is 5.81. The van der Waals surface area contributed by atoms with E-state index >= 15 is 0 Å². The molecule has 0 heterocycles. The van der Waals surface area contributed by atoms with Gasteiger partial charge in [-0.1, -0.05) is 6.92 Å². The molecule has 0 saturated heterocycles. The van der Waals surface area contributed by atoms with Crippen LogP contribution in [0.4, 0.5) is 0 Å². The van der Waals surface area contributed by atoms with E-state index in [-0.39, 0.29) is 5.78 Å². The normalized spacial score (nSPS) is 11.5. The highest BCUT2D eigenvalue weighted by Gasteiger charge is 1.99. The molecule has 0 spiro atoms. The van der Waals surface area contributed by atoms with Crippen LogP contribution in [0.15, 0.2) is 11.8 Å². The number of carbonyl (C=O) groups excluding carboxylic acids is 1. The van der Waals surface area contributed by atoms with E-state index in [9.17, 15) is 4.79 Å². The molecule has 0 radical (unpaired) electrons. The van der Waals surface area contributed by atoms with Gasteiger partial charge in [0, 0.05) is 25.7 Å². The van der Waals surface area contributed by atoms with Crippen molar-refractivity contribution >= 4 is 5.78 Å². The Morgan fingerprint density at radius 1 is 1.42 bits per heavy atom. The molecule has 0 amide bonds. The number of allylic oxidation sites excluding steroid dienone is 2. The van der Waals surface area contributed by atoms with Gasteiger partial charge in [0.25, 0.3) is 0 Å². The van der Waals surface area contributed by atoms with E-state index in [1.54, 1.807) is 6.08 Å². The molecule has 0 aromatic carbocycles. The summed E-state index contributed by atoms with van der Waals surface area (Å²) in [7, 11) is 1.99. The summed E-state index contributed by atoms with van der Waals surface area (Å²) in [6.07, 6.45) is 3.32. The molecule has 0 rings (SSSR count). The third-order valence-electron chi connectivity index (χ3n) is 1.94. The summed E-state index contributed by atoms with van der Waals surface area (Å²) in [5.74, 6) is 0.232. The van der Waals surface area contributed by atoms with Crippen molar-refractivity contribution in [2.45, 2.75) is 33.6 Å². The van der Waals surface area contributed by atoms with Gasteiger partial charge < -0.3 is 4.90 Å². The van der Waals surface area contributed by atoms with Gasteiger partial charge in [-0.2, -0.15) is 0 Å². The van der Waals surface area contributed by atoms with E-state index in [1.165, 1.54) is 0 Å². The van der Waals surface area contributed by atoms with Gasteiger partial charge in [0.05, 0.1) is 0 Å². The van der Waals surface area contributed by atoms with Gasteiger partial charge in [-0.25, -0.2) is 0 Å². The summed E-state index contributed by atoms with van der Waals surface area (Å²) in [4.78, 5) is 13.2. The van der Waals surface area contributed by atoms with E-state index in [0.717, 1.165) is 18.7 Å². The first-order valence-corrected chi connectivity index (χ1v) is 4.54. The fraction of sp³-hybridized carbons (Fsp3) is 0.700. The Morgan fingerprint density at radius 2 is 2.00 bits per heavy atom. The fourth-order valence-electron chi connectivity index (χ4n) is 0.911. The molecule has 0 aliphatic carbocycles. The molecule has 0 aromatic heterocycles. The van der Waals surface area contributed by atoms with Gasteiger partial charge in [0.1, 0.15) is 0 Å². The predicted octanol–water partition coefficient (Wildman–Crippen LogP) is 2.21. The van der Waals surface area contributed by atoms with E-state index < -0.39 is 0 Å². The Bertz CT molecular complexity index is 173. The molecular weight excluding hydrogens is 150 g/mol. The quantitative estimate of drug-likeness (QED) is 0.588. The van der Waals surface area contributed by atoms with Crippen molar-refractivity contribution in [2.24, 2.45) is 0 Å². The Labute approximate surface area is 75.3 Å². The van der Waals surface area contributed by atoms with Gasteiger partial charge >= 0.3 is 0 Å². The van der Waals surface area contributed by atoms with Crippen LogP contribution in [-0.2, 0) is 4.79 Å². The van der Waals surface area contributed by atoms with E-state index in [1.807, 2.05) is 20.9 Å². The zero-order valence-electron chi connectivity index (χ0n) is 8.55. The Balaban J connectivity index is 4.05. The molecule has 2 heteroatoms. The first-order valence-electron chi connectivity index (χ1n) is 4.54. The summed E-state index contributed by atoms with van der Waals surface area (Å²) in [6.45, 7) is 7.01. The number of hydrogen-bond acceptors (Lipinski definition) is 2. The maximum atomic E-state index is 11.2.